The van der Waals surface area contributed by atoms with Crippen molar-refractivity contribution >= 4 is 8.32 Å². The van der Waals surface area contributed by atoms with E-state index in [-0.39, 0.29) is 0 Å². The summed E-state index contributed by atoms with van der Waals surface area (Å²) < 4.78 is 6.30. The van der Waals surface area contributed by atoms with E-state index in [0.29, 0.717) is 0 Å². The molecule has 0 aliphatic heterocycles. The lowest BCUT2D eigenvalue weighted by Gasteiger charge is -2.22. The van der Waals surface area contributed by atoms with E-state index in [9.17, 15) is 0 Å². The molecular weight excluding hydrogens is 356 g/mol. The second-order valence-electron chi connectivity index (χ2n) is 9.72. The van der Waals surface area contributed by atoms with Crippen LogP contribution in [0.5, 0.6) is 0 Å². The van der Waals surface area contributed by atoms with Crippen molar-refractivity contribution < 1.29 is 4.43 Å². The smallest absolute Gasteiger partial charge is 0.186 e. The van der Waals surface area contributed by atoms with E-state index in [1.54, 1.807) is 0 Å². The van der Waals surface area contributed by atoms with Gasteiger partial charge in [0.15, 0.2) is 8.32 Å². The van der Waals surface area contributed by atoms with Crippen molar-refractivity contribution in [2.45, 2.75) is 161 Å². The van der Waals surface area contributed by atoms with E-state index in [1.165, 1.54) is 134 Å². The normalized spacial score (nSPS) is 12.0. The second kappa shape index (κ2) is 21.9. The molecule has 170 valence electrons. The zero-order valence-corrected chi connectivity index (χ0v) is 21.5. The molecule has 0 amide bonds. The van der Waals surface area contributed by atoms with Gasteiger partial charge in [0, 0.05) is 6.61 Å². The van der Waals surface area contributed by atoms with E-state index in [1.807, 2.05) is 0 Å². The maximum atomic E-state index is 6.30. The predicted molar refractivity (Wildman–Crippen MR) is 132 cm³/mol. The first-order valence-corrected chi connectivity index (χ1v) is 16.4. The Hall–Kier alpha value is 0.177. The van der Waals surface area contributed by atoms with E-state index < -0.39 is 8.32 Å². The van der Waals surface area contributed by atoms with Crippen LogP contribution in [0.1, 0.15) is 142 Å². The summed E-state index contributed by atoms with van der Waals surface area (Å²) in [5, 5.41) is 0. The third-order valence-corrected chi connectivity index (χ3v) is 8.67. The van der Waals surface area contributed by atoms with Crippen LogP contribution in [0.15, 0.2) is 0 Å². The van der Waals surface area contributed by atoms with Crippen LogP contribution in [-0.2, 0) is 4.43 Å². The average Bonchev–Trinajstić information content (AvgIpc) is 2.67. The summed E-state index contributed by atoms with van der Waals surface area (Å²) in [6.45, 7) is 10.5. The first kappa shape index (κ1) is 28.2. The van der Waals surface area contributed by atoms with Crippen molar-refractivity contribution in [3.8, 4) is 0 Å². The van der Waals surface area contributed by atoms with Gasteiger partial charge in [-0.05, 0) is 25.6 Å². The van der Waals surface area contributed by atoms with E-state index in [4.69, 9.17) is 4.43 Å². The summed E-state index contributed by atoms with van der Waals surface area (Å²) >= 11 is 0. The Morgan fingerprint density at radius 1 is 0.429 bits per heavy atom. The van der Waals surface area contributed by atoms with Gasteiger partial charge < -0.3 is 4.43 Å². The molecule has 0 aromatic heterocycles. The fraction of sp³-hybridized carbons (Fsp3) is 1.00. The summed E-state index contributed by atoms with van der Waals surface area (Å²) in [5.74, 6) is 0. The largest absolute Gasteiger partial charge is 0.417 e. The molecule has 0 bridgehead atoms. The zero-order chi connectivity index (χ0) is 20.8. The summed E-state index contributed by atoms with van der Waals surface area (Å²) in [4.78, 5) is 0. The zero-order valence-electron chi connectivity index (χ0n) is 20.5. The minimum atomic E-state index is -1.38. The Kier molecular flexibility index (Phi) is 22.0. The lowest BCUT2D eigenvalue weighted by molar-refractivity contribution is 0.292. The van der Waals surface area contributed by atoms with Gasteiger partial charge in [0.2, 0.25) is 0 Å². The van der Waals surface area contributed by atoms with Gasteiger partial charge in [-0.15, -0.1) is 0 Å². The Balaban J connectivity index is 3.24. The second-order valence-corrected chi connectivity index (χ2v) is 14.0. The number of rotatable bonds is 23. The molecular formula is C26H56OSi. The van der Waals surface area contributed by atoms with Gasteiger partial charge in [0.25, 0.3) is 0 Å². The minimum absolute atomic E-state index is 1.02. The molecule has 0 aliphatic rings. The van der Waals surface area contributed by atoms with Crippen LogP contribution >= 0.6 is 0 Å². The Bertz CT molecular complexity index is 290. The molecule has 0 heterocycles. The maximum Gasteiger partial charge on any atom is 0.186 e. The Morgan fingerprint density at radius 2 is 0.750 bits per heavy atom. The molecule has 0 unspecified atom stereocenters. The molecule has 0 rings (SSSR count). The molecule has 0 atom stereocenters. The molecule has 2 heteroatoms. The first-order chi connectivity index (χ1) is 13.6. The van der Waals surface area contributed by atoms with Gasteiger partial charge in [-0.3, -0.25) is 0 Å². The highest BCUT2D eigenvalue weighted by Gasteiger charge is 2.21. The third-order valence-electron chi connectivity index (χ3n) is 6.12. The SMILES string of the molecule is CCCCCCCCCCCCCCCCO[Si](C)(C)CCCCCCCC. The molecule has 0 saturated heterocycles. The molecule has 0 saturated carbocycles. The van der Waals surface area contributed by atoms with Crippen molar-refractivity contribution in [3.05, 3.63) is 0 Å². The van der Waals surface area contributed by atoms with Crippen LogP contribution < -0.4 is 0 Å². The van der Waals surface area contributed by atoms with Crippen molar-refractivity contribution in [3.63, 3.8) is 0 Å². The fourth-order valence-corrected chi connectivity index (χ4v) is 5.99. The highest BCUT2D eigenvalue weighted by atomic mass is 28.4. The van der Waals surface area contributed by atoms with Gasteiger partial charge in [-0.1, -0.05) is 136 Å². The maximum absolute atomic E-state index is 6.30. The van der Waals surface area contributed by atoms with Crippen LogP contribution in [0.25, 0.3) is 0 Å². The topological polar surface area (TPSA) is 9.23 Å². The molecule has 0 spiro atoms. The summed E-state index contributed by atoms with van der Waals surface area (Å²) in [5.41, 5.74) is 0. The molecule has 0 fully saturated rings. The van der Waals surface area contributed by atoms with Crippen molar-refractivity contribution in [2.24, 2.45) is 0 Å². The van der Waals surface area contributed by atoms with Gasteiger partial charge in [0.05, 0.1) is 0 Å². The molecule has 1 nitrogen and oxygen atoms in total. The molecule has 0 aromatic rings. The van der Waals surface area contributed by atoms with Gasteiger partial charge in [-0.2, -0.15) is 0 Å². The quantitative estimate of drug-likeness (QED) is 0.120. The first-order valence-electron chi connectivity index (χ1n) is 13.3. The molecule has 0 radical (unpaired) electrons. The highest BCUT2D eigenvalue weighted by Crippen LogP contribution is 2.18. The number of hydrogen-bond donors (Lipinski definition) is 0. The van der Waals surface area contributed by atoms with Crippen LogP contribution in [-0.4, -0.2) is 14.9 Å². The Labute approximate surface area is 180 Å². The molecule has 28 heavy (non-hydrogen) atoms. The van der Waals surface area contributed by atoms with Gasteiger partial charge >= 0.3 is 0 Å². The summed E-state index contributed by atoms with van der Waals surface area (Å²) in [6, 6.07) is 1.36. The van der Waals surface area contributed by atoms with Gasteiger partial charge in [-0.25, -0.2) is 0 Å². The number of unbranched alkanes of at least 4 members (excludes halogenated alkanes) is 18. The van der Waals surface area contributed by atoms with Gasteiger partial charge in [0.1, 0.15) is 0 Å². The molecule has 0 aromatic carbocycles. The van der Waals surface area contributed by atoms with Crippen LogP contribution in [0.4, 0.5) is 0 Å². The number of hydrogen-bond acceptors (Lipinski definition) is 1. The standard InChI is InChI=1S/C26H56OSi/c1-5-7-9-11-13-14-15-16-17-18-19-20-21-23-25-27-28(3,4)26-24-22-12-10-8-6-2/h5-26H2,1-4H3. The minimum Gasteiger partial charge on any atom is -0.417 e. The predicted octanol–water partition coefficient (Wildman–Crippen LogP) is 10.0. The van der Waals surface area contributed by atoms with Crippen LogP contribution in [0.3, 0.4) is 0 Å². The highest BCUT2D eigenvalue weighted by molar-refractivity contribution is 6.71. The molecule has 0 N–H and O–H groups in total. The third kappa shape index (κ3) is 22.5. The monoisotopic (exact) mass is 412 g/mol. The van der Waals surface area contributed by atoms with Crippen LogP contribution in [0.2, 0.25) is 19.1 Å². The lowest BCUT2D eigenvalue weighted by Crippen LogP contribution is -2.30. The summed E-state index contributed by atoms with van der Waals surface area (Å²) in [6.07, 6.45) is 28.5. The Morgan fingerprint density at radius 3 is 1.14 bits per heavy atom. The lowest BCUT2D eigenvalue weighted by atomic mass is 10.0. The van der Waals surface area contributed by atoms with E-state index in [2.05, 4.69) is 26.9 Å². The van der Waals surface area contributed by atoms with Crippen molar-refractivity contribution in [1.29, 1.82) is 0 Å². The molecule has 0 aliphatic carbocycles. The van der Waals surface area contributed by atoms with Crippen molar-refractivity contribution in [1.82, 2.24) is 0 Å². The fourth-order valence-electron chi connectivity index (χ4n) is 4.05. The average molecular weight is 413 g/mol. The van der Waals surface area contributed by atoms with Crippen molar-refractivity contribution in [2.75, 3.05) is 6.61 Å². The van der Waals surface area contributed by atoms with E-state index >= 15 is 0 Å². The summed E-state index contributed by atoms with van der Waals surface area (Å²) in [7, 11) is -1.38. The van der Waals surface area contributed by atoms with E-state index in [0.717, 1.165) is 6.61 Å². The van der Waals surface area contributed by atoms with Crippen LogP contribution in [0, 0.1) is 0 Å².